The van der Waals surface area contributed by atoms with E-state index in [9.17, 15) is 5.11 Å². The normalized spacial score (nSPS) is 51.5. The molecular weight excluding hydrogens is 210 g/mol. The van der Waals surface area contributed by atoms with Gasteiger partial charge in [-0.2, -0.15) is 0 Å². The van der Waals surface area contributed by atoms with E-state index in [4.69, 9.17) is 5.73 Å². The zero-order chi connectivity index (χ0) is 11.7. The molecule has 2 heteroatoms. The van der Waals surface area contributed by atoms with Gasteiger partial charge in [-0.3, -0.25) is 0 Å². The van der Waals surface area contributed by atoms with Crippen molar-refractivity contribution in [1.82, 2.24) is 0 Å². The lowest BCUT2D eigenvalue weighted by Crippen LogP contribution is -2.55. The molecule has 1 atom stereocenters. The molecule has 17 heavy (non-hydrogen) atoms. The van der Waals surface area contributed by atoms with E-state index in [-0.39, 0.29) is 16.9 Å². The third-order valence-electron chi connectivity index (χ3n) is 6.54. The Morgan fingerprint density at radius 3 is 1.82 bits per heavy atom. The van der Waals surface area contributed by atoms with Gasteiger partial charge in [-0.05, 0) is 74.5 Å². The van der Waals surface area contributed by atoms with Crippen LogP contribution in [0.5, 0.6) is 0 Å². The van der Waals surface area contributed by atoms with Crippen LogP contribution in [0, 0.1) is 28.6 Å². The number of aliphatic hydroxyl groups excluding tert-OH is 1. The van der Waals surface area contributed by atoms with Crippen molar-refractivity contribution in [2.45, 2.75) is 57.5 Å². The molecule has 0 heterocycles. The lowest BCUT2D eigenvalue weighted by atomic mass is 9.47. The standard InChI is InChI=1S/C15H25NO/c16-9-14(1-2-14)13(17)15-6-10-3-11(7-15)5-12(4-10)8-15/h10-13,17H,1-9,16H2. The van der Waals surface area contributed by atoms with E-state index in [1.54, 1.807) is 0 Å². The van der Waals surface area contributed by atoms with E-state index in [1.807, 2.05) is 0 Å². The highest BCUT2D eigenvalue weighted by Crippen LogP contribution is 2.66. The minimum absolute atomic E-state index is 0.0894. The van der Waals surface area contributed by atoms with Gasteiger partial charge in [-0.1, -0.05) is 0 Å². The number of rotatable bonds is 3. The molecule has 0 amide bonds. The molecule has 5 fully saturated rings. The van der Waals surface area contributed by atoms with Gasteiger partial charge in [0.05, 0.1) is 6.10 Å². The van der Waals surface area contributed by atoms with Crippen LogP contribution in [-0.4, -0.2) is 17.8 Å². The molecule has 5 aliphatic carbocycles. The molecule has 0 spiro atoms. The van der Waals surface area contributed by atoms with Crippen LogP contribution in [0.15, 0.2) is 0 Å². The Balaban J connectivity index is 1.64. The molecule has 0 radical (unpaired) electrons. The average molecular weight is 235 g/mol. The second kappa shape index (κ2) is 3.27. The summed E-state index contributed by atoms with van der Waals surface area (Å²) < 4.78 is 0. The molecule has 5 saturated carbocycles. The van der Waals surface area contributed by atoms with Gasteiger partial charge in [-0.25, -0.2) is 0 Å². The van der Waals surface area contributed by atoms with Crippen LogP contribution in [0.25, 0.3) is 0 Å². The van der Waals surface area contributed by atoms with Crippen LogP contribution >= 0.6 is 0 Å². The first-order valence-corrected chi connectivity index (χ1v) is 7.54. The highest BCUT2D eigenvalue weighted by molar-refractivity contribution is 5.12. The predicted octanol–water partition coefficient (Wildman–Crippen LogP) is 2.30. The maximum atomic E-state index is 10.9. The minimum Gasteiger partial charge on any atom is -0.392 e. The molecule has 3 N–H and O–H groups in total. The zero-order valence-electron chi connectivity index (χ0n) is 10.7. The molecule has 0 aliphatic heterocycles. The first-order chi connectivity index (χ1) is 8.16. The Kier molecular flexibility index (Phi) is 2.08. The number of aliphatic hydroxyl groups is 1. The van der Waals surface area contributed by atoms with Gasteiger partial charge in [0.15, 0.2) is 0 Å². The number of hydrogen-bond acceptors (Lipinski definition) is 2. The molecule has 0 aromatic carbocycles. The second-order valence-corrected chi connectivity index (χ2v) is 7.75. The van der Waals surface area contributed by atoms with E-state index < -0.39 is 0 Å². The van der Waals surface area contributed by atoms with Crippen LogP contribution in [0.2, 0.25) is 0 Å². The molecule has 5 rings (SSSR count). The Hall–Kier alpha value is -0.0800. The van der Waals surface area contributed by atoms with Gasteiger partial charge >= 0.3 is 0 Å². The molecule has 0 aromatic heterocycles. The monoisotopic (exact) mass is 235 g/mol. The molecular formula is C15H25NO. The van der Waals surface area contributed by atoms with Gasteiger partial charge in [-0.15, -0.1) is 0 Å². The van der Waals surface area contributed by atoms with E-state index >= 15 is 0 Å². The van der Waals surface area contributed by atoms with Gasteiger partial charge in [0, 0.05) is 12.0 Å². The molecule has 0 aromatic rings. The number of nitrogens with two attached hydrogens (primary N) is 1. The van der Waals surface area contributed by atoms with Crippen molar-refractivity contribution in [3.05, 3.63) is 0 Å². The molecule has 1 unspecified atom stereocenters. The van der Waals surface area contributed by atoms with Crippen molar-refractivity contribution in [2.75, 3.05) is 6.54 Å². The summed E-state index contributed by atoms with van der Waals surface area (Å²) in [6.07, 6.45) is 10.6. The van der Waals surface area contributed by atoms with Gasteiger partial charge in [0.2, 0.25) is 0 Å². The lowest BCUT2D eigenvalue weighted by Gasteiger charge is -2.59. The Morgan fingerprint density at radius 2 is 1.47 bits per heavy atom. The van der Waals surface area contributed by atoms with Crippen molar-refractivity contribution in [3.8, 4) is 0 Å². The summed E-state index contributed by atoms with van der Waals surface area (Å²) in [6, 6.07) is 0. The van der Waals surface area contributed by atoms with Gasteiger partial charge < -0.3 is 10.8 Å². The van der Waals surface area contributed by atoms with E-state index in [2.05, 4.69) is 0 Å². The van der Waals surface area contributed by atoms with Crippen LogP contribution < -0.4 is 5.73 Å². The molecule has 4 bridgehead atoms. The third-order valence-corrected chi connectivity index (χ3v) is 6.54. The maximum Gasteiger partial charge on any atom is 0.0664 e. The van der Waals surface area contributed by atoms with Crippen LogP contribution in [0.1, 0.15) is 51.4 Å². The Morgan fingerprint density at radius 1 is 1.00 bits per heavy atom. The maximum absolute atomic E-state index is 10.9. The summed E-state index contributed by atoms with van der Waals surface area (Å²) in [5.74, 6) is 2.80. The first kappa shape index (κ1) is 10.8. The Bertz CT molecular complexity index is 299. The topological polar surface area (TPSA) is 46.2 Å². The average Bonchev–Trinajstić information content (AvgIpc) is 3.07. The fourth-order valence-corrected chi connectivity index (χ4v) is 5.91. The number of hydrogen-bond donors (Lipinski definition) is 2. The Labute approximate surface area is 104 Å². The largest absolute Gasteiger partial charge is 0.392 e. The van der Waals surface area contributed by atoms with Crippen molar-refractivity contribution in [1.29, 1.82) is 0 Å². The predicted molar refractivity (Wildman–Crippen MR) is 67.3 cm³/mol. The highest BCUT2D eigenvalue weighted by Gasteiger charge is 2.61. The summed E-state index contributed by atoms with van der Waals surface area (Å²) in [5, 5.41) is 10.9. The summed E-state index contributed by atoms with van der Waals surface area (Å²) in [6.45, 7) is 0.704. The van der Waals surface area contributed by atoms with Crippen molar-refractivity contribution in [3.63, 3.8) is 0 Å². The fraction of sp³-hybridized carbons (Fsp3) is 1.00. The van der Waals surface area contributed by atoms with Crippen LogP contribution in [-0.2, 0) is 0 Å². The van der Waals surface area contributed by atoms with Gasteiger partial charge in [0.1, 0.15) is 0 Å². The smallest absolute Gasteiger partial charge is 0.0664 e. The molecule has 96 valence electrons. The van der Waals surface area contributed by atoms with Crippen molar-refractivity contribution < 1.29 is 5.11 Å². The van der Waals surface area contributed by atoms with Crippen LogP contribution in [0.4, 0.5) is 0 Å². The summed E-state index contributed by atoms with van der Waals surface area (Å²) >= 11 is 0. The van der Waals surface area contributed by atoms with Gasteiger partial charge in [0.25, 0.3) is 0 Å². The lowest BCUT2D eigenvalue weighted by molar-refractivity contribution is -0.141. The summed E-state index contributed by atoms with van der Waals surface area (Å²) in [4.78, 5) is 0. The second-order valence-electron chi connectivity index (χ2n) is 7.75. The van der Waals surface area contributed by atoms with Crippen LogP contribution in [0.3, 0.4) is 0 Å². The molecule has 2 nitrogen and oxygen atoms in total. The summed E-state index contributed by atoms with van der Waals surface area (Å²) in [5.41, 5.74) is 6.34. The quantitative estimate of drug-likeness (QED) is 0.788. The third kappa shape index (κ3) is 1.40. The van der Waals surface area contributed by atoms with E-state index in [0.717, 1.165) is 17.8 Å². The van der Waals surface area contributed by atoms with E-state index in [0.29, 0.717) is 6.54 Å². The first-order valence-electron chi connectivity index (χ1n) is 7.54. The fourth-order valence-electron chi connectivity index (χ4n) is 5.91. The zero-order valence-corrected chi connectivity index (χ0v) is 10.7. The molecule has 0 saturated heterocycles. The van der Waals surface area contributed by atoms with E-state index in [1.165, 1.54) is 51.4 Å². The molecule has 5 aliphatic rings. The minimum atomic E-state index is -0.0894. The SMILES string of the molecule is NCC1(C(O)C23CC4CC(CC(C4)C2)C3)CC1. The van der Waals surface area contributed by atoms with Crippen molar-refractivity contribution in [2.24, 2.45) is 34.3 Å². The van der Waals surface area contributed by atoms with Crippen molar-refractivity contribution >= 4 is 0 Å². The summed E-state index contributed by atoms with van der Waals surface area (Å²) in [7, 11) is 0. The highest BCUT2D eigenvalue weighted by atomic mass is 16.3.